The fourth-order valence-corrected chi connectivity index (χ4v) is 4.50. The van der Waals surface area contributed by atoms with Crippen LogP contribution in [0, 0.1) is 0 Å². The van der Waals surface area contributed by atoms with Crippen LogP contribution in [0.5, 0.6) is 0 Å². The average molecular weight is 469 g/mol. The van der Waals surface area contributed by atoms with Crippen LogP contribution < -0.4 is 5.32 Å². The molecule has 5 rings (SSSR count). The van der Waals surface area contributed by atoms with Crippen LogP contribution in [0.25, 0.3) is 27.5 Å². The van der Waals surface area contributed by atoms with Crippen LogP contribution in [-0.4, -0.2) is 39.3 Å². The van der Waals surface area contributed by atoms with Gasteiger partial charge in [-0.3, -0.25) is 4.79 Å². The summed E-state index contributed by atoms with van der Waals surface area (Å²) in [5.74, 6) is -0.412. The van der Waals surface area contributed by atoms with Crippen molar-refractivity contribution in [3.63, 3.8) is 0 Å². The quantitative estimate of drug-likeness (QED) is 0.277. The van der Waals surface area contributed by atoms with Gasteiger partial charge in [0.05, 0.1) is 29.6 Å². The lowest BCUT2D eigenvalue weighted by atomic mass is 10.0. The van der Waals surface area contributed by atoms with E-state index in [1.165, 1.54) is 18.9 Å². The molecule has 0 fully saturated rings. The van der Waals surface area contributed by atoms with E-state index in [2.05, 4.69) is 39.3 Å². The number of rotatable bonds is 6. The minimum absolute atomic E-state index is 0.173. The number of ether oxygens (including phenoxy) is 1. The van der Waals surface area contributed by atoms with Crippen LogP contribution in [0.3, 0.4) is 0 Å². The first-order valence-corrected chi connectivity index (χ1v) is 11.5. The van der Waals surface area contributed by atoms with E-state index in [9.17, 15) is 9.59 Å². The van der Waals surface area contributed by atoms with E-state index in [0.29, 0.717) is 11.3 Å². The molecule has 0 atom stereocenters. The molecule has 0 aliphatic rings. The number of esters is 1. The fourth-order valence-electron chi connectivity index (χ4n) is 3.73. The van der Waals surface area contributed by atoms with Crippen molar-refractivity contribution in [2.75, 3.05) is 18.2 Å². The second-order valence-electron chi connectivity index (χ2n) is 7.52. The Hall–Kier alpha value is -4.17. The second kappa shape index (κ2) is 9.36. The van der Waals surface area contributed by atoms with Crippen LogP contribution >= 0.6 is 11.8 Å². The lowest BCUT2D eigenvalue weighted by molar-refractivity contribution is -0.113. The minimum Gasteiger partial charge on any atom is -0.465 e. The number of fused-ring (bicyclic) bond motifs is 2. The third kappa shape index (κ3) is 4.35. The largest absolute Gasteiger partial charge is 0.465 e. The maximum atomic E-state index is 12.5. The molecule has 0 bridgehead atoms. The van der Waals surface area contributed by atoms with Crippen molar-refractivity contribution in [2.24, 2.45) is 0 Å². The Kier molecular flexibility index (Phi) is 5.97. The monoisotopic (exact) mass is 468 g/mol. The number of benzene rings is 3. The molecule has 2 aromatic heterocycles. The predicted molar refractivity (Wildman–Crippen MR) is 133 cm³/mol. The van der Waals surface area contributed by atoms with E-state index in [1.807, 2.05) is 24.3 Å². The lowest BCUT2D eigenvalue weighted by Crippen LogP contribution is -2.14. The lowest BCUT2D eigenvalue weighted by Gasteiger charge is -2.06. The first-order valence-electron chi connectivity index (χ1n) is 10.6. The van der Waals surface area contributed by atoms with Crippen molar-refractivity contribution in [2.45, 2.75) is 5.03 Å². The number of thioether (sulfide) groups is 1. The number of amides is 1. The molecule has 8 heteroatoms. The molecule has 7 nitrogen and oxygen atoms in total. The van der Waals surface area contributed by atoms with Crippen LogP contribution in [0.2, 0.25) is 0 Å². The topological polar surface area (TPSA) is 85.6 Å². The van der Waals surface area contributed by atoms with Gasteiger partial charge in [0.1, 0.15) is 5.03 Å². The van der Waals surface area contributed by atoms with Crippen LogP contribution in [-0.2, 0) is 9.53 Å². The molecule has 0 aliphatic carbocycles. The highest BCUT2D eigenvalue weighted by Crippen LogP contribution is 2.30. The van der Waals surface area contributed by atoms with Gasteiger partial charge in [-0.25, -0.2) is 14.3 Å². The van der Waals surface area contributed by atoms with Gasteiger partial charge in [-0.2, -0.15) is 5.10 Å². The molecule has 1 N–H and O–H groups in total. The predicted octanol–water partition coefficient (Wildman–Crippen LogP) is 5.07. The van der Waals surface area contributed by atoms with Crippen LogP contribution in [0.4, 0.5) is 5.69 Å². The highest BCUT2D eigenvalue weighted by atomic mass is 32.2. The molecule has 2 heterocycles. The Labute approximate surface area is 199 Å². The molecular weight excluding hydrogens is 448 g/mol. The Morgan fingerprint density at radius 1 is 1.03 bits per heavy atom. The van der Waals surface area contributed by atoms with Crippen LogP contribution in [0.1, 0.15) is 10.4 Å². The highest BCUT2D eigenvalue weighted by molar-refractivity contribution is 8.00. The molecule has 0 saturated carbocycles. The van der Waals surface area contributed by atoms with E-state index >= 15 is 0 Å². The number of anilines is 1. The maximum Gasteiger partial charge on any atom is 0.337 e. The van der Waals surface area contributed by atoms with Crippen molar-refractivity contribution in [3.8, 4) is 11.3 Å². The highest BCUT2D eigenvalue weighted by Gasteiger charge is 2.13. The number of carbonyl (C=O) groups is 2. The first-order chi connectivity index (χ1) is 16.6. The Morgan fingerprint density at radius 3 is 2.65 bits per heavy atom. The molecule has 0 unspecified atom stereocenters. The smallest absolute Gasteiger partial charge is 0.337 e. The third-order valence-electron chi connectivity index (χ3n) is 5.35. The van der Waals surface area contributed by atoms with Crippen molar-refractivity contribution in [1.29, 1.82) is 0 Å². The summed E-state index contributed by atoms with van der Waals surface area (Å²) < 4.78 is 6.47. The summed E-state index contributed by atoms with van der Waals surface area (Å²) in [4.78, 5) is 28.5. The Morgan fingerprint density at radius 2 is 1.82 bits per heavy atom. The summed E-state index contributed by atoms with van der Waals surface area (Å²) in [6.07, 6.45) is 3.48. The van der Waals surface area contributed by atoms with Gasteiger partial charge in [-0.1, -0.05) is 54.2 Å². The number of methoxy groups -OCH3 is 1. The summed E-state index contributed by atoms with van der Waals surface area (Å²) in [7, 11) is 1.33. The molecule has 0 spiro atoms. The summed E-state index contributed by atoms with van der Waals surface area (Å²) in [6.45, 7) is 0. The van der Waals surface area contributed by atoms with E-state index in [1.54, 1.807) is 41.2 Å². The standard InChI is InChI=1S/C26H20N4O3S/c1-33-26(32)18-9-11-19(12-10-18)28-24(31)16-34-25-23-15-22(29-30(23)14-13-27-25)21-8-4-6-17-5-2-3-7-20(17)21/h2-15H,16H2,1H3,(H,28,31). The Balaban J connectivity index is 1.33. The number of hydrogen-bond acceptors (Lipinski definition) is 6. The zero-order chi connectivity index (χ0) is 23.5. The third-order valence-corrected chi connectivity index (χ3v) is 6.34. The van der Waals surface area contributed by atoms with Crippen LogP contribution in [0.15, 0.2) is 90.2 Å². The fraction of sp³-hybridized carbons (Fsp3) is 0.0769. The van der Waals surface area contributed by atoms with E-state index < -0.39 is 5.97 Å². The molecule has 0 saturated heterocycles. The van der Waals surface area contributed by atoms with Crippen molar-refractivity contribution in [3.05, 3.63) is 90.8 Å². The van der Waals surface area contributed by atoms with E-state index in [4.69, 9.17) is 5.10 Å². The second-order valence-corrected chi connectivity index (χ2v) is 8.49. The zero-order valence-electron chi connectivity index (χ0n) is 18.3. The Bertz CT molecular complexity index is 1510. The number of hydrogen-bond donors (Lipinski definition) is 1. The zero-order valence-corrected chi connectivity index (χ0v) is 19.1. The molecule has 34 heavy (non-hydrogen) atoms. The molecule has 0 radical (unpaired) electrons. The summed E-state index contributed by atoms with van der Waals surface area (Å²) >= 11 is 1.34. The van der Waals surface area contributed by atoms with Gasteiger partial charge in [0.15, 0.2) is 0 Å². The van der Waals surface area contributed by atoms with Gasteiger partial charge in [0, 0.05) is 23.6 Å². The number of nitrogens with zero attached hydrogens (tertiary/aromatic N) is 3. The minimum atomic E-state index is -0.420. The van der Waals surface area contributed by atoms with Gasteiger partial charge in [0.2, 0.25) is 5.91 Å². The van der Waals surface area contributed by atoms with E-state index in [-0.39, 0.29) is 11.7 Å². The van der Waals surface area contributed by atoms with Gasteiger partial charge in [0.25, 0.3) is 0 Å². The summed E-state index contributed by atoms with van der Waals surface area (Å²) in [5, 5.41) is 10.6. The van der Waals surface area contributed by atoms with Gasteiger partial charge < -0.3 is 10.1 Å². The van der Waals surface area contributed by atoms with Gasteiger partial charge >= 0.3 is 5.97 Å². The molecule has 3 aromatic carbocycles. The van der Waals surface area contributed by atoms with Crippen molar-refractivity contribution in [1.82, 2.24) is 14.6 Å². The number of aromatic nitrogens is 3. The first kappa shape index (κ1) is 21.7. The van der Waals surface area contributed by atoms with Gasteiger partial charge in [-0.05, 0) is 41.1 Å². The normalized spacial score (nSPS) is 11.0. The van der Waals surface area contributed by atoms with Gasteiger partial charge in [-0.15, -0.1) is 0 Å². The summed E-state index contributed by atoms with van der Waals surface area (Å²) in [5.41, 5.74) is 3.76. The molecule has 0 aliphatic heterocycles. The molecule has 1 amide bonds. The summed E-state index contributed by atoms with van der Waals surface area (Å²) in [6, 6.07) is 22.9. The SMILES string of the molecule is COC(=O)c1ccc(NC(=O)CSc2nccn3nc(-c4cccc5ccccc45)cc23)cc1. The number of nitrogens with one attached hydrogen (secondary N) is 1. The molecular formula is C26H20N4O3S. The van der Waals surface area contributed by atoms with Crippen molar-refractivity contribution >= 4 is 45.6 Å². The molecule has 5 aromatic rings. The van der Waals surface area contributed by atoms with E-state index in [0.717, 1.165) is 32.6 Å². The average Bonchev–Trinajstić information content (AvgIpc) is 3.32. The van der Waals surface area contributed by atoms with Crippen molar-refractivity contribution < 1.29 is 14.3 Å². The maximum absolute atomic E-state index is 12.5. The number of carbonyl (C=O) groups excluding carboxylic acids is 2. The molecule has 168 valence electrons.